The first kappa shape index (κ1) is 26.5. The lowest BCUT2D eigenvalue weighted by Gasteiger charge is -2.32. The quantitative estimate of drug-likeness (QED) is 0.546. The lowest BCUT2D eigenvalue weighted by molar-refractivity contribution is -0.139. The smallest absolute Gasteiger partial charge is 0.244 e. The number of methoxy groups -OCH3 is 1. The number of nitrogens with one attached hydrogen (secondary N) is 1. The largest absolute Gasteiger partial charge is 0.497 e. The molecule has 8 nitrogen and oxygen atoms in total. The Morgan fingerprint density at radius 3 is 2.09 bits per heavy atom. The molecule has 0 aliphatic rings. The Hall–Kier alpha value is -2.78. The molecule has 0 aliphatic heterocycles. The third-order valence-corrected chi connectivity index (χ3v) is 6.30. The highest BCUT2D eigenvalue weighted by atomic mass is 35.5. The first-order chi connectivity index (χ1) is 15.4. The Morgan fingerprint density at radius 1 is 1.03 bits per heavy atom. The number of halogens is 1. The normalized spacial score (nSPS) is 12.2. The van der Waals surface area contributed by atoms with Crippen molar-refractivity contribution < 1.29 is 22.7 Å². The van der Waals surface area contributed by atoms with E-state index in [0.29, 0.717) is 16.5 Å². The summed E-state index contributed by atoms with van der Waals surface area (Å²) in [5, 5.41) is 3.25. The molecule has 0 aromatic heterocycles. The molecule has 0 unspecified atom stereocenters. The van der Waals surface area contributed by atoms with Crippen molar-refractivity contribution in [2.24, 2.45) is 0 Å². The average Bonchev–Trinajstić information content (AvgIpc) is 2.75. The Morgan fingerprint density at radius 2 is 1.61 bits per heavy atom. The average molecular weight is 496 g/mol. The Kier molecular flexibility index (Phi) is 9.13. The molecule has 0 spiro atoms. The van der Waals surface area contributed by atoms with E-state index < -0.39 is 28.5 Å². The summed E-state index contributed by atoms with van der Waals surface area (Å²) in [5.74, 6) is -0.185. The predicted octanol–water partition coefficient (Wildman–Crippen LogP) is 3.06. The van der Waals surface area contributed by atoms with E-state index in [4.69, 9.17) is 16.3 Å². The van der Waals surface area contributed by atoms with Gasteiger partial charge in [-0.2, -0.15) is 0 Å². The van der Waals surface area contributed by atoms with Gasteiger partial charge in [0.05, 0.1) is 19.1 Å². The van der Waals surface area contributed by atoms with Crippen LogP contribution in [0.15, 0.2) is 48.5 Å². The highest BCUT2D eigenvalue weighted by Gasteiger charge is 2.30. The lowest BCUT2D eigenvalue weighted by Crippen LogP contribution is -2.52. The topological polar surface area (TPSA) is 96.0 Å². The van der Waals surface area contributed by atoms with Gasteiger partial charge in [-0.1, -0.05) is 23.7 Å². The number of amides is 2. The molecule has 0 bridgehead atoms. The minimum atomic E-state index is -3.78. The fourth-order valence-electron chi connectivity index (χ4n) is 3.14. The van der Waals surface area contributed by atoms with Gasteiger partial charge >= 0.3 is 0 Å². The maximum Gasteiger partial charge on any atom is 0.244 e. The zero-order valence-corrected chi connectivity index (χ0v) is 21.0. The van der Waals surface area contributed by atoms with Gasteiger partial charge in [-0.3, -0.25) is 13.9 Å². The van der Waals surface area contributed by atoms with Crippen molar-refractivity contribution in [3.63, 3.8) is 0 Å². The van der Waals surface area contributed by atoms with Gasteiger partial charge in [-0.25, -0.2) is 8.42 Å². The van der Waals surface area contributed by atoms with Crippen LogP contribution in [0.5, 0.6) is 5.75 Å². The van der Waals surface area contributed by atoms with Crippen LogP contribution in [0.4, 0.5) is 5.69 Å². The number of nitrogens with zero attached hydrogens (tertiary/aromatic N) is 2. The molecule has 0 radical (unpaired) electrons. The number of ether oxygens (including phenoxy) is 1. The molecule has 0 saturated carbocycles. The minimum absolute atomic E-state index is 0.112. The Balaban J connectivity index is 2.36. The fraction of sp³-hybridized carbons (Fsp3) is 0.391. The van der Waals surface area contributed by atoms with Crippen molar-refractivity contribution in [3.8, 4) is 5.75 Å². The molecule has 0 heterocycles. The second kappa shape index (κ2) is 11.4. The van der Waals surface area contributed by atoms with Gasteiger partial charge in [0.15, 0.2) is 0 Å². The van der Waals surface area contributed by atoms with E-state index in [1.807, 2.05) is 13.8 Å². The van der Waals surface area contributed by atoms with Gasteiger partial charge in [0.25, 0.3) is 0 Å². The van der Waals surface area contributed by atoms with Gasteiger partial charge in [0.2, 0.25) is 21.8 Å². The second-order valence-corrected chi connectivity index (χ2v) is 10.3. The van der Waals surface area contributed by atoms with E-state index in [1.54, 1.807) is 50.4 Å². The predicted molar refractivity (Wildman–Crippen MR) is 130 cm³/mol. The summed E-state index contributed by atoms with van der Waals surface area (Å²) in [7, 11) is -2.23. The number of benzene rings is 2. The second-order valence-electron chi connectivity index (χ2n) is 7.96. The van der Waals surface area contributed by atoms with E-state index >= 15 is 0 Å². The highest BCUT2D eigenvalue weighted by molar-refractivity contribution is 7.92. The molecule has 2 amide bonds. The van der Waals surface area contributed by atoms with Gasteiger partial charge in [-0.15, -0.1) is 0 Å². The van der Waals surface area contributed by atoms with Crippen molar-refractivity contribution in [2.75, 3.05) is 24.2 Å². The molecule has 2 aromatic rings. The summed E-state index contributed by atoms with van der Waals surface area (Å²) in [6, 6.07) is 12.3. The summed E-state index contributed by atoms with van der Waals surface area (Å²) in [4.78, 5) is 27.5. The van der Waals surface area contributed by atoms with Crippen molar-refractivity contribution in [1.82, 2.24) is 10.2 Å². The van der Waals surface area contributed by atoms with Crippen LogP contribution in [0.2, 0.25) is 5.02 Å². The van der Waals surface area contributed by atoms with Crippen LogP contribution in [0.1, 0.15) is 26.3 Å². The SMILES string of the molecule is COc1ccc(CN(C(=O)CN(c2ccc(Cl)cc2)S(C)(=O)=O)[C@@H](C)C(=O)NC(C)C)cc1. The molecule has 1 atom stereocenters. The van der Waals surface area contributed by atoms with Gasteiger partial charge < -0.3 is 15.0 Å². The van der Waals surface area contributed by atoms with Crippen LogP contribution >= 0.6 is 11.6 Å². The summed E-state index contributed by atoms with van der Waals surface area (Å²) >= 11 is 5.92. The summed E-state index contributed by atoms with van der Waals surface area (Å²) < 4.78 is 31.1. The first-order valence-corrected chi connectivity index (χ1v) is 12.6. The van der Waals surface area contributed by atoms with Crippen molar-refractivity contribution >= 4 is 39.1 Å². The number of carbonyl (C=O) groups excluding carboxylic acids is 2. The maximum absolute atomic E-state index is 13.4. The van der Waals surface area contributed by atoms with E-state index in [2.05, 4.69) is 5.32 Å². The highest BCUT2D eigenvalue weighted by Crippen LogP contribution is 2.22. The molecule has 180 valence electrons. The van der Waals surface area contributed by atoms with Crippen LogP contribution in [0, 0.1) is 0 Å². The van der Waals surface area contributed by atoms with E-state index in [-0.39, 0.29) is 18.5 Å². The third kappa shape index (κ3) is 7.64. The van der Waals surface area contributed by atoms with Crippen LogP contribution in [-0.4, -0.2) is 57.1 Å². The molecule has 0 fully saturated rings. The first-order valence-electron chi connectivity index (χ1n) is 10.4. The van der Waals surface area contributed by atoms with Gasteiger partial charge in [-0.05, 0) is 62.7 Å². The third-order valence-electron chi connectivity index (χ3n) is 4.90. The number of sulfonamides is 1. The zero-order chi connectivity index (χ0) is 24.8. The lowest BCUT2D eigenvalue weighted by atomic mass is 10.1. The number of hydrogen-bond donors (Lipinski definition) is 1. The number of rotatable bonds is 10. The van der Waals surface area contributed by atoms with E-state index in [9.17, 15) is 18.0 Å². The zero-order valence-electron chi connectivity index (χ0n) is 19.4. The molecule has 1 N–H and O–H groups in total. The molecule has 33 heavy (non-hydrogen) atoms. The van der Waals surface area contributed by atoms with Crippen LogP contribution < -0.4 is 14.4 Å². The van der Waals surface area contributed by atoms with E-state index in [1.165, 1.54) is 17.0 Å². The van der Waals surface area contributed by atoms with Crippen LogP contribution in [0.3, 0.4) is 0 Å². The molecular formula is C23H30ClN3O5S. The molecule has 0 aliphatic carbocycles. The van der Waals surface area contributed by atoms with Crippen molar-refractivity contribution in [2.45, 2.75) is 39.4 Å². The molecule has 0 saturated heterocycles. The monoisotopic (exact) mass is 495 g/mol. The summed E-state index contributed by atoms with van der Waals surface area (Å²) in [6.07, 6.45) is 1.03. The van der Waals surface area contributed by atoms with Gasteiger partial charge in [0, 0.05) is 17.6 Å². The van der Waals surface area contributed by atoms with Crippen LogP contribution in [0.25, 0.3) is 0 Å². The Bertz CT molecular complexity index is 1060. The maximum atomic E-state index is 13.4. The van der Waals surface area contributed by atoms with Crippen LogP contribution in [-0.2, 0) is 26.2 Å². The summed E-state index contributed by atoms with van der Waals surface area (Å²) in [6.45, 7) is 4.92. The van der Waals surface area contributed by atoms with Crippen molar-refractivity contribution in [3.05, 3.63) is 59.1 Å². The number of anilines is 1. The number of hydrogen-bond acceptors (Lipinski definition) is 5. The van der Waals surface area contributed by atoms with Crippen molar-refractivity contribution in [1.29, 1.82) is 0 Å². The van der Waals surface area contributed by atoms with Gasteiger partial charge in [0.1, 0.15) is 18.3 Å². The minimum Gasteiger partial charge on any atom is -0.497 e. The molecule has 2 rings (SSSR count). The fourth-order valence-corrected chi connectivity index (χ4v) is 4.11. The summed E-state index contributed by atoms with van der Waals surface area (Å²) in [5.41, 5.74) is 1.07. The molecule has 2 aromatic carbocycles. The standard InChI is InChI=1S/C23H30ClN3O5S/c1-16(2)25-23(29)17(3)26(14-18-6-12-21(32-4)13-7-18)22(28)15-27(33(5,30)31)20-10-8-19(24)9-11-20/h6-13,16-17H,14-15H2,1-5H3,(H,25,29)/t17-/m0/s1. The molecule has 10 heteroatoms. The number of carbonyl (C=O) groups is 2. The molecular weight excluding hydrogens is 466 g/mol. The Labute approximate surface area is 200 Å². The van der Waals surface area contributed by atoms with E-state index in [0.717, 1.165) is 16.1 Å².